The molecule has 2 aromatic carbocycles. The quantitative estimate of drug-likeness (QED) is 0.478. The molecule has 0 aliphatic heterocycles. The van der Waals surface area contributed by atoms with Gasteiger partial charge in [-0.05, 0) is 64.0 Å². The number of halogens is 1. The van der Waals surface area contributed by atoms with Gasteiger partial charge in [0.25, 0.3) is 0 Å². The van der Waals surface area contributed by atoms with Crippen LogP contribution in [0.15, 0.2) is 47.1 Å². The fourth-order valence-electron chi connectivity index (χ4n) is 3.39. The second kappa shape index (κ2) is 8.75. The molecule has 3 aromatic rings. The van der Waals surface area contributed by atoms with E-state index in [4.69, 9.17) is 20.8 Å². The molecule has 0 aliphatic carbocycles. The molecule has 0 saturated carbocycles. The molecule has 1 amide bonds. The monoisotopic (exact) mass is 411 g/mol. The maximum absolute atomic E-state index is 12.3. The lowest BCUT2D eigenvalue weighted by Gasteiger charge is -2.15. The molecule has 5 heteroatoms. The Hall–Kier alpha value is -2.72. The summed E-state index contributed by atoms with van der Waals surface area (Å²) in [6.07, 6.45) is 3.37. The number of allylic oxidation sites excluding steroid dienone is 1. The first-order valence-electron chi connectivity index (χ1n) is 9.74. The number of hydrogen-bond donors (Lipinski definition) is 1. The van der Waals surface area contributed by atoms with Gasteiger partial charge in [-0.25, -0.2) is 0 Å². The highest BCUT2D eigenvalue weighted by atomic mass is 35.5. The smallest absolute Gasteiger partial charge is 0.244 e. The average Bonchev–Trinajstić information content (AvgIpc) is 3.08. The van der Waals surface area contributed by atoms with Crippen LogP contribution in [-0.4, -0.2) is 18.6 Å². The van der Waals surface area contributed by atoms with Crippen LogP contribution in [0.3, 0.4) is 0 Å². The number of amides is 1. The molecule has 29 heavy (non-hydrogen) atoms. The van der Waals surface area contributed by atoms with Crippen LogP contribution in [0.2, 0.25) is 5.02 Å². The van der Waals surface area contributed by atoms with Crippen molar-refractivity contribution in [3.8, 4) is 16.9 Å². The van der Waals surface area contributed by atoms with Crippen molar-refractivity contribution in [2.75, 3.05) is 6.61 Å². The fourth-order valence-corrected chi connectivity index (χ4v) is 3.52. The molecule has 0 aliphatic rings. The van der Waals surface area contributed by atoms with Gasteiger partial charge >= 0.3 is 0 Å². The third-order valence-corrected chi connectivity index (χ3v) is 4.94. The van der Waals surface area contributed by atoms with Gasteiger partial charge in [-0.1, -0.05) is 23.7 Å². The number of carbonyl (C=O) groups excluding carboxylic acids is 1. The van der Waals surface area contributed by atoms with Crippen molar-refractivity contribution in [3.05, 3.63) is 58.8 Å². The number of furan rings is 1. The first-order chi connectivity index (χ1) is 13.8. The molecule has 1 N–H and O–H groups in total. The summed E-state index contributed by atoms with van der Waals surface area (Å²) in [5, 5.41) is 4.56. The molecule has 1 heterocycles. The summed E-state index contributed by atoms with van der Waals surface area (Å²) in [4.78, 5) is 12.3. The van der Waals surface area contributed by atoms with Crippen LogP contribution in [0.1, 0.15) is 38.8 Å². The molecular weight excluding hydrogens is 386 g/mol. The van der Waals surface area contributed by atoms with Crippen LogP contribution in [0.5, 0.6) is 5.75 Å². The maximum Gasteiger partial charge on any atom is 0.244 e. The van der Waals surface area contributed by atoms with Gasteiger partial charge in [-0.2, -0.15) is 0 Å². The standard InChI is InChI=1S/C24H26ClNO3/c1-6-28-23-16(5)24-20(12-19(23)15(4)11-22(27)26-14(2)3)21(13-29-24)17-7-9-18(25)10-8-17/h7-14H,6H2,1-5H3,(H,26,27)/b15-11+. The average molecular weight is 412 g/mol. The number of ether oxygens (including phenoxy) is 1. The molecule has 0 atom stereocenters. The maximum atomic E-state index is 12.3. The zero-order valence-electron chi connectivity index (χ0n) is 17.4. The number of fused-ring (bicyclic) bond motifs is 1. The molecule has 0 saturated heterocycles. The largest absolute Gasteiger partial charge is 0.493 e. The first kappa shape index (κ1) is 21.0. The van der Waals surface area contributed by atoms with Crippen LogP contribution >= 0.6 is 11.6 Å². The topological polar surface area (TPSA) is 51.5 Å². The van der Waals surface area contributed by atoms with Crippen LogP contribution in [0, 0.1) is 6.92 Å². The molecule has 0 fully saturated rings. The van der Waals surface area contributed by atoms with E-state index in [-0.39, 0.29) is 11.9 Å². The lowest BCUT2D eigenvalue weighted by Crippen LogP contribution is -2.28. The highest BCUT2D eigenvalue weighted by Crippen LogP contribution is 2.40. The second-order valence-electron chi connectivity index (χ2n) is 7.33. The summed E-state index contributed by atoms with van der Waals surface area (Å²) in [6.45, 7) is 10.2. The summed E-state index contributed by atoms with van der Waals surface area (Å²) in [5.41, 5.74) is 5.40. The molecule has 0 unspecified atom stereocenters. The lowest BCUT2D eigenvalue weighted by molar-refractivity contribution is -0.116. The summed E-state index contributed by atoms with van der Waals surface area (Å²) in [5.74, 6) is 0.617. The van der Waals surface area contributed by atoms with Gasteiger partial charge in [0, 0.05) is 39.2 Å². The lowest BCUT2D eigenvalue weighted by atomic mass is 9.96. The number of hydrogen-bond acceptors (Lipinski definition) is 3. The van der Waals surface area contributed by atoms with Crippen molar-refractivity contribution in [1.29, 1.82) is 0 Å². The van der Waals surface area contributed by atoms with E-state index in [0.717, 1.165) is 44.5 Å². The summed E-state index contributed by atoms with van der Waals surface area (Å²) in [6, 6.07) is 9.77. The van der Waals surface area contributed by atoms with E-state index in [1.165, 1.54) is 0 Å². The Kier molecular flexibility index (Phi) is 6.33. The summed E-state index contributed by atoms with van der Waals surface area (Å²) in [7, 11) is 0. The van der Waals surface area contributed by atoms with Gasteiger partial charge in [0.2, 0.25) is 5.91 Å². The van der Waals surface area contributed by atoms with Crippen LogP contribution < -0.4 is 10.1 Å². The van der Waals surface area contributed by atoms with E-state index in [1.54, 1.807) is 12.3 Å². The van der Waals surface area contributed by atoms with Gasteiger partial charge in [-0.3, -0.25) is 4.79 Å². The van der Waals surface area contributed by atoms with Crippen LogP contribution in [-0.2, 0) is 4.79 Å². The van der Waals surface area contributed by atoms with Crippen LogP contribution in [0.4, 0.5) is 0 Å². The Balaban J connectivity index is 2.18. The SMILES string of the molecule is CCOc1c(/C(C)=C/C(=O)NC(C)C)cc2c(-c3ccc(Cl)cc3)coc2c1C. The minimum Gasteiger partial charge on any atom is -0.493 e. The molecule has 0 bridgehead atoms. The Labute approximate surface area is 176 Å². The Morgan fingerprint density at radius 2 is 1.97 bits per heavy atom. The van der Waals surface area contributed by atoms with E-state index in [2.05, 4.69) is 5.32 Å². The number of benzene rings is 2. The van der Waals surface area contributed by atoms with E-state index in [0.29, 0.717) is 11.6 Å². The number of nitrogens with one attached hydrogen (secondary N) is 1. The molecule has 1 aromatic heterocycles. The third-order valence-electron chi connectivity index (χ3n) is 4.69. The van der Waals surface area contributed by atoms with E-state index in [9.17, 15) is 4.79 Å². The van der Waals surface area contributed by atoms with Crippen molar-refractivity contribution in [1.82, 2.24) is 5.32 Å². The summed E-state index contributed by atoms with van der Waals surface area (Å²) >= 11 is 6.04. The molecule has 3 rings (SSSR count). The first-order valence-corrected chi connectivity index (χ1v) is 10.1. The van der Waals surface area contributed by atoms with Crippen molar-refractivity contribution in [2.24, 2.45) is 0 Å². The minimum absolute atomic E-state index is 0.0764. The van der Waals surface area contributed by atoms with E-state index >= 15 is 0 Å². The Bertz CT molecular complexity index is 1060. The predicted octanol–water partition coefficient (Wildman–Crippen LogP) is 6.39. The number of carbonyl (C=O) groups is 1. The van der Waals surface area contributed by atoms with Gasteiger partial charge < -0.3 is 14.5 Å². The molecule has 152 valence electrons. The Morgan fingerprint density at radius 3 is 2.59 bits per heavy atom. The van der Waals surface area contributed by atoms with E-state index < -0.39 is 0 Å². The van der Waals surface area contributed by atoms with Crippen molar-refractivity contribution >= 4 is 34.1 Å². The van der Waals surface area contributed by atoms with Gasteiger partial charge in [0.1, 0.15) is 11.3 Å². The van der Waals surface area contributed by atoms with Gasteiger partial charge in [0.15, 0.2) is 0 Å². The summed E-state index contributed by atoms with van der Waals surface area (Å²) < 4.78 is 11.8. The highest BCUT2D eigenvalue weighted by molar-refractivity contribution is 6.30. The fraction of sp³-hybridized carbons (Fsp3) is 0.292. The number of rotatable bonds is 6. The molecule has 4 nitrogen and oxygen atoms in total. The number of aryl methyl sites for hydroxylation is 1. The van der Waals surface area contributed by atoms with Gasteiger partial charge in [0.05, 0.1) is 12.9 Å². The zero-order valence-corrected chi connectivity index (χ0v) is 18.2. The third kappa shape index (κ3) is 4.48. The van der Waals surface area contributed by atoms with E-state index in [1.807, 2.05) is 65.0 Å². The van der Waals surface area contributed by atoms with Gasteiger partial charge in [-0.15, -0.1) is 0 Å². The normalized spacial score (nSPS) is 11.9. The van der Waals surface area contributed by atoms with Crippen molar-refractivity contribution in [2.45, 2.75) is 40.7 Å². The van der Waals surface area contributed by atoms with Crippen molar-refractivity contribution < 1.29 is 13.9 Å². The van der Waals surface area contributed by atoms with Crippen LogP contribution in [0.25, 0.3) is 27.7 Å². The molecular formula is C24H26ClNO3. The second-order valence-corrected chi connectivity index (χ2v) is 7.77. The highest BCUT2D eigenvalue weighted by Gasteiger charge is 2.19. The minimum atomic E-state index is -0.122. The zero-order chi connectivity index (χ0) is 21.1. The molecule has 0 spiro atoms. The Morgan fingerprint density at radius 1 is 1.28 bits per heavy atom. The van der Waals surface area contributed by atoms with Crippen molar-refractivity contribution in [3.63, 3.8) is 0 Å². The predicted molar refractivity (Wildman–Crippen MR) is 119 cm³/mol. The molecule has 0 radical (unpaired) electrons.